The number of H-pyrrole nitrogens is 1. The number of hydrogen-bond acceptors (Lipinski definition) is 5. The van der Waals surface area contributed by atoms with Gasteiger partial charge in [0.25, 0.3) is 5.91 Å². The molecule has 0 fully saturated rings. The van der Waals surface area contributed by atoms with Crippen molar-refractivity contribution in [2.24, 2.45) is 10.2 Å². The van der Waals surface area contributed by atoms with Crippen molar-refractivity contribution in [2.45, 2.75) is 0 Å². The molecule has 156 valence electrons. The molecule has 0 radical (unpaired) electrons. The number of azo groups is 1. The van der Waals surface area contributed by atoms with Gasteiger partial charge in [-0.15, -0.1) is 10.2 Å². The maximum absolute atomic E-state index is 13.2. The van der Waals surface area contributed by atoms with E-state index in [0.29, 0.717) is 38.8 Å². The highest BCUT2D eigenvalue weighted by atomic mass is 16.5. The quantitative estimate of drug-likeness (QED) is 0.346. The zero-order chi connectivity index (χ0) is 22.1. The summed E-state index contributed by atoms with van der Waals surface area (Å²) in [7, 11) is 1.56. The van der Waals surface area contributed by atoms with E-state index in [0.717, 1.165) is 5.56 Å². The molecule has 0 unspecified atom stereocenters. The molecule has 7 nitrogen and oxygen atoms in total. The Bertz CT molecular complexity index is 1490. The lowest BCUT2D eigenvalue weighted by atomic mass is 10.0. The van der Waals surface area contributed by atoms with Crippen LogP contribution in [0.2, 0.25) is 0 Å². The van der Waals surface area contributed by atoms with Crippen LogP contribution in [0.4, 0.5) is 5.69 Å². The van der Waals surface area contributed by atoms with Gasteiger partial charge in [-0.25, -0.2) is 4.98 Å². The van der Waals surface area contributed by atoms with E-state index in [-0.39, 0.29) is 11.6 Å². The van der Waals surface area contributed by atoms with Gasteiger partial charge in [0.2, 0.25) is 5.88 Å². The summed E-state index contributed by atoms with van der Waals surface area (Å²) in [5.74, 6) is -0.0893. The highest BCUT2D eigenvalue weighted by molar-refractivity contribution is 6.08. The zero-order valence-corrected chi connectivity index (χ0v) is 17.1. The molecular formula is C25H18N4O3. The van der Waals surface area contributed by atoms with Gasteiger partial charge in [0, 0.05) is 16.3 Å². The molecule has 5 rings (SSSR count). The molecule has 0 saturated carbocycles. The Balaban J connectivity index is 1.63. The summed E-state index contributed by atoms with van der Waals surface area (Å²) in [6.45, 7) is 0. The molecular weight excluding hydrogens is 404 g/mol. The van der Waals surface area contributed by atoms with Gasteiger partial charge in [-0.3, -0.25) is 4.79 Å². The highest BCUT2D eigenvalue weighted by Crippen LogP contribution is 2.35. The first-order valence-corrected chi connectivity index (χ1v) is 9.94. The van der Waals surface area contributed by atoms with E-state index in [9.17, 15) is 9.90 Å². The second-order valence-electron chi connectivity index (χ2n) is 7.18. The van der Waals surface area contributed by atoms with Gasteiger partial charge in [0.05, 0.1) is 29.4 Å². The normalized spacial score (nSPS) is 11.4. The third-order valence-corrected chi connectivity index (χ3v) is 5.22. The molecule has 0 bridgehead atoms. The fourth-order valence-corrected chi connectivity index (χ4v) is 3.63. The predicted molar refractivity (Wildman–Crippen MR) is 123 cm³/mol. The minimum Gasteiger partial charge on any atom is -0.497 e. The van der Waals surface area contributed by atoms with Crippen LogP contribution in [0.25, 0.3) is 33.1 Å². The molecule has 0 spiro atoms. The lowest BCUT2D eigenvalue weighted by Crippen LogP contribution is -1.99. The summed E-state index contributed by atoms with van der Waals surface area (Å²) >= 11 is 0. The number of benzene rings is 3. The maximum atomic E-state index is 13.2. The second-order valence-corrected chi connectivity index (χ2v) is 7.18. The number of pyridine rings is 1. The zero-order valence-electron chi connectivity index (χ0n) is 17.1. The second kappa shape index (κ2) is 7.96. The molecule has 0 aliphatic heterocycles. The van der Waals surface area contributed by atoms with Gasteiger partial charge < -0.3 is 14.8 Å². The number of ether oxygens (including phenoxy) is 1. The van der Waals surface area contributed by atoms with Crippen LogP contribution in [0.3, 0.4) is 0 Å². The third-order valence-electron chi connectivity index (χ3n) is 5.22. The van der Waals surface area contributed by atoms with Crippen molar-refractivity contribution in [1.82, 2.24) is 9.97 Å². The third kappa shape index (κ3) is 3.45. The van der Waals surface area contributed by atoms with Gasteiger partial charge in [0.15, 0.2) is 5.69 Å². The Labute approximate surface area is 183 Å². The summed E-state index contributed by atoms with van der Waals surface area (Å²) in [5.41, 5.74) is 3.43. The van der Waals surface area contributed by atoms with Crippen molar-refractivity contribution < 1.29 is 14.6 Å². The van der Waals surface area contributed by atoms with E-state index >= 15 is 0 Å². The summed E-state index contributed by atoms with van der Waals surface area (Å²) in [4.78, 5) is 20.7. The van der Waals surface area contributed by atoms with Crippen LogP contribution in [-0.2, 0) is 0 Å². The average molecular weight is 422 g/mol. The van der Waals surface area contributed by atoms with Crippen LogP contribution in [0.5, 0.6) is 11.6 Å². The largest absolute Gasteiger partial charge is 0.497 e. The fourth-order valence-electron chi connectivity index (χ4n) is 3.63. The molecule has 2 heterocycles. The van der Waals surface area contributed by atoms with E-state index < -0.39 is 5.91 Å². The molecule has 0 atom stereocenters. The van der Waals surface area contributed by atoms with Gasteiger partial charge in [-0.1, -0.05) is 48.5 Å². The Hall–Kier alpha value is -4.52. The van der Waals surface area contributed by atoms with E-state index in [2.05, 4.69) is 15.2 Å². The molecule has 2 aromatic heterocycles. The Kier molecular flexibility index (Phi) is 4.84. The number of hydrogen-bond donors (Lipinski definition) is 2. The number of nitrogens with zero attached hydrogens (tertiary/aromatic N) is 3. The summed E-state index contributed by atoms with van der Waals surface area (Å²) in [5, 5.41) is 19.5. The first-order chi connectivity index (χ1) is 15.6. The van der Waals surface area contributed by atoms with Crippen molar-refractivity contribution in [3.63, 3.8) is 0 Å². The number of rotatable bonds is 4. The molecule has 32 heavy (non-hydrogen) atoms. The number of para-hydroxylation sites is 1. The van der Waals surface area contributed by atoms with Crippen molar-refractivity contribution in [3.05, 3.63) is 84.4 Å². The van der Waals surface area contributed by atoms with Crippen LogP contribution in [0.15, 0.2) is 89.1 Å². The van der Waals surface area contributed by atoms with Gasteiger partial charge in [0.1, 0.15) is 5.75 Å². The minimum absolute atomic E-state index is 0.144. The molecule has 3 aromatic carbocycles. The summed E-state index contributed by atoms with van der Waals surface area (Å²) in [6, 6.07) is 23.9. The lowest BCUT2D eigenvalue weighted by molar-refractivity contribution is 0.0996. The smallest absolute Gasteiger partial charge is 0.296 e. The summed E-state index contributed by atoms with van der Waals surface area (Å²) < 4.78 is 5.32. The van der Waals surface area contributed by atoms with Crippen molar-refractivity contribution in [2.75, 3.05) is 7.11 Å². The Morgan fingerprint density at radius 1 is 0.969 bits per heavy atom. The molecule has 0 saturated heterocycles. The van der Waals surface area contributed by atoms with Crippen LogP contribution in [0, 0.1) is 0 Å². The number of aromatic nitrogens is 2. The van der Waals surface area contributed by atoms with E-state index in [1.807, 2.05) is 48.5 Å². The van der Waals surface area contributed by atoms with Crippen molar-refractivity contribution in [3.8, 4) is 22.9 Å². The fraction of sp³-hybridized carbons (Fsp3) is 0.0400. The van der Waals surface area contributed by atoms with Gasteiger partial charge in [-0.2, -0.15) is 0 Å². The monoisotopic (exact) mass is 422 g/mol. The van der Waals surface area contributed by atoms with E-state index in [1.54, 1.807) is 37.4 Å². The first kappa shape index (κ1) is 19.4. The van der Waals surface area contributed by atoms with Crippen molar-refractivity contribution >= 4 is 33.4 Å². The number of methoxy groups -OCH3 is 1. The van der Waals surface area contributed by atoms with Crippen LogP contribution in [-0.4, -0.2) is 28.1 Å². The molecule has 1 amide bonds. The maximum Gasteiger partial charge on any atom is 0.296 e. The highest BCUT2D eigenvalue weighted by Gasteiger charge is 2.16. The Morgan fingerprint density at radius 2 is 1.75 bits per heavy atom. The number of carbonyl (C=O) groups is 1. The molecule has 0 aliphatic carbocycles. The molecule has 0 aliphatic rings. The lowest BCUT2D eigenvalue weighted by Gasteiger charge is -2.09. The van der Waals surface area contributed by atoms with E-state index in [1.165, 1.54) is 0 Å². The average Bonchev–Trinajstić information content (AvgIpc) is 3.16. The standard InChI is InChI=1S/C25H18N4O3/c1-32-16-11-12-21-18(13-16)19(14-22(26-21)15-7-3-2-4-8-15)24(30)29-28-23-17-9-5-6-10-20(17)27-25(23)31/h2-14,27,31H,1H3. The molecule has 7 heteroatoms. The van der Waals surface area contributed by atoms with Crippen molar-refractivity contribution in [1.29, 1.82) is 0 Å². The van der Waals surface area contributed by atoms with Crippen LogP contribution >= 0.6 is 0 Å². The molecule has 5 aromatic rings. The number of nitrogens with one attached hydrogen (secondary N) is 1. The van der Waals surface area contributed by atoms with Crippen LogP contribution < -0.4 is 4.74 Å². The Morgan fingerprint density at radius 3 is 2.56 bits per heavy atom. The number of aromatic amines is 1. The topological polar surface area (TPSA) is 99.9 Å². The van der Waals surface area contributed by atoms with E-state index in [4.69, 9.17) is 9.72 Å². The molecule has 2 N–H and O–H groups in total. The van der Waals surface area contributed by atoms with Crippen LogP contribution in [0.1, 0.15) is 10.4 Å². The SMILES string of the molecule is COc1ccc2nc(-c3ccccc3)cc(C(=O)N=Nc3c(O)[nH]c4ccccc34)c2c1. The van der Waals surface area contributed by atoms with Gasteiger partial charge in [-0.05, 0) is 30.3 Å². The number of fused-ring (bicyclic) bond motifs is 2. The number of aromatic hydroxyl groups is 1. The summed E-state index contributed by atoms with van der Waals surface area (Å²) in [6.07, 6.45) is 0. The first-order valence-electron chi connectivity index (χ1n) is 9.94. The minimum atomic E-state index is -0.549. The predicted octanol–water partition coefficient (Wildman–Crippen LogP) is 6.02. The number of carbonyl (C=O) groups excluding carboxylic acids is 1. The number of amides is 1. The van der Waals surface area contributed by atoms with Gasteiger partial charge >= 0.3 is 0 Å².